The molecule has 0 aliphatic carbocycles. The molecule has 2 heterocycles. The van der Waals surface area contributed by atoms with Gasteiger partial charge in [0.25, 0.3) is 5.91 Å². The van der Waals surface area contributed by atoms with Gasteiger partial charge < -0.3 is 20.5 Å². The summed E-state index contributed by atoms with van der Waals surface area (Å²) in [7, 11) is -2.77. The maximum Gasteiger partial charge on any atom is 0.320 e. The Hall–Kier alpha value is -3.24. The van der Waals surface area contributed by atoms with Crippen molar-refractivity contribution in [1.29, 1.82) is 4.78 Å². The monoisotopic (exact) mass is 459 g/mol. The fraction of sp³-hybridized carbons (Fsp3) is 0.273. The molecule has 0 saturated heterocycles. The van der Waals surface area contributed by atoms with Gasteiger partial charge in [0.1, 0.15) is 24.2 Å². The Morgan fingerprint density at radius 1 is 1.31 bits per heavy atom. The van der Waals surface area contributed by atoms with Gasteiger partial charge in [-0.05, 0) is 30.2 Å². The summed E-state index contributed by atoms with van der Waals surface area (Å²) in [6.45, 7) is 0.493. The zero-order valence-electron chi connectivity index (χ0n) is 17.2. The van der Waals surface area contributed by atoms with Gasteiger partial charge in [0.05, 0.1) is 5.57 Å². The average Bonchev–Trinajstić information content (AvgIpc) is 3.25. The normalized spacial score (nSPS) is 19.5. The summed E-state index contributed by atoms with van der Waals surface area (Å²) >= 11 is 0. The molecule has 2 atom stereocenters. The van der Waals surface area contributed by atoms with Gasteiger partial charge in [-0.25, -0.2) is 4.39 Å². The predicted molar refractivity (Wildman–Crippen MR) is 118 cm³/mol. The van der Waals surface area contributed by atoms with Gasteiger partial charge >= 0.3 is 5.97 Å². The fourth-order valence-corrected chi connectivity index (χ4v) is 4.48. The number of ether oxygens (including phenoxy) is 1. The van der Waals surface area contributed by atoms with Crippen molar-refractivity contribution in [3.63, 3.8) is 0 Å². The molecule has 0 bridgehead atoms. The van der Waals surface area contributed by atoms with Crippen LogP contribution in [0.1, 0.15) is 28.7 Å². The zero-order chi connectivity index (χ0) is 23.0. The first-order valence-corrected chi connectivity index (χ1v) is 12.0. The molecule has 0 fully saturated rings. The standard InChI is InChI=1S/C22H22FN3O5S/c1-32(24,30)7-6-18(22(28)29)25-10-12-2-4-15-13(8-12)11-31-20(15)19-16-9-14(23)3-5-17(16)26-21(19)27/h2-5,8-9,18,24-25H,6-7,10-11H2,1H3,(H,26,27)(H,28,29)/b20-19+. The number of anilines is 1. The lowest BCUT2D eigenvalue weighted by Gasteiger charge is -2.15. The first kappa shape index (κ1) is 22.0. The van der Waals surface area contributed by atoms with E-state index in [1.54, 1.807) is 12.1 Å². The number of rotatable bonds is 7. The molecular formula is C22H22FN3O5S. The quantitative estimate of drug-likeness (QED) is 0.472. The van der Waals surface area contributed by atoms with Gasteiger partial charge in [-0.15, -0.1) is 0 Å². The van der Waals surface area contributed by atoms with Gasteiger partial charge in [0, 0.05) is 50.7 Å². The van der Waals surface area contributed by atoms with Crippen LogP contribution in [0.2, 0.25) is 0 Å². The van der Waals surface area contributed by atoms with E-state index in [9.17, 15) is 23.3 Å². The third-order valence-corrected chi connectivity index (χ3v) is 6.40. The van der Waals surface area contributed by atoms with E-state index in [1.165, 1.54) is 24.5 Å². The molecule has 2 aromatic carbocycles. The van der Waals surface area contributed by atoms with Crippen LogP contribution in [0, 0.1) is 10.6 Å². The van der Waals surface area contributed by atoms with Gasteiger partial charge in [-0.2, -0.15) is 0 Å². The topological polar surface area (TPSA) is 129 Å². The Kier molecular flexibility index (Phi) is 5.74. The van der Waals surface area contributed by atoms with Crippen LogP contribution in [-0.2, 0) is 37.2 Å². The Labute approximate surface area is 184 Å². The van der Waals surface area contributed by atoms with Crippen molar-refractivity contribution in [3.05, 3.63) is 64.5 Å². The lowest BCUT2D eigenvalue weighted by atomic mass is 9.99. The van der Waals surface area contributed by atoms with Crippen molar-refractivity contribution >= 4 is 38.6 Å². The predicted octanol–water partition coefficient (Wildman–Crippen LogP) is 2.79. The van der Waals surface area contributed by atoms with Crippen LogP contribution >= 0.6 is 0 Å². The van der Waals surface area contributed by atoms with Crippen molar-refractivity contribution in [2.75, 3.05) is 17.3 Å². The number of halogens is 1. The Morgan fingerprint density at radius 2 is 2.09 bits per heavy atom. The number of hydrogen-bond acceptors (Lipinski definition) is 6. The van der Waals surface area contributed by atoms with Crippen molar-refractivity contribution in [2.24, 2.45) is 0 Å². The lowest BCUT2D eigenvalue weighted by molar-refractivity contribution is -0.139. The van der Waals surface area contributed by atoms with Crippen LogP contribution in [0.4, 0.5) is 10.1 Å². The molecule has 2 aliphatic heterocycles. The molecular weight excluding hydrogens is 437 g/mol. The minimum absolute atomic E-state index is 0.00391. The van der Waals surface area contributed by atoms with Crippen molar-refractivity contribution in [2.45, 2.75) is 25.6 Å². The van der Waals surface area contributed by atoms with Gasteiger partial charge in [0.2, 0.25) is 0 Å². The van der Waals surface area contributed by atoms with Crippen LogP contribution in [0.3, 0.4) is 0 Å². The molecule has 10 heteroatoms. The number of benzene rings is 2. The van der Waals surface area contributed by atoms with Crippen LogP contribution in [0.25, 0.3) is 11.3 Å². The van der Waals surface area contributed by atoms with E-state index in [0.29, 0.717) is 17.0 Å². The number of hydrogen-bond donors (Lipinski definition) is 4. The number of carboxylic acids is 1. The Morgan fingerprint density at radius 3 is 2.81 bits per heavy atom. The van der Waals surface area contributed by atoms with Gasteiger partial charge in [-0.1, -0.05) is 18.2 Å². The second kappa shape index (κ2) is 8.36. The van der Waals surface area contributed by atoms with E-state index < -0.39 is 27.6 Å². The minimum atomic E-state index is -2.77. The maximum absolute atomic E-state index is 13.7. The summed E-state index contributed by atoms with van der Waals surface area (Å²) in [6, 6.07) is 8.63. The van der Waals surface area contributed by atoms with E-state index in [4.69, 9.17) is 9.52 Å². The third kappa shape index (κ3) is 4.51. The molecule has 168 valence electrons. The Bertz CT molecular complexity index is 1260. The highest BCUT2D eigenvalue weighted by atomic mass is 32.2. The summed E-state index contributed by atoms with van der Waals surface area (Å²) in [5, 5.41) is 15.0. The van der Waals surface area contributed by atoms with Gasteiger partial charge in [-0.3, -0.25) is 18.6 Å². The summed E-state index contributed by atoms with van der Waals surface area (Å²) in [4.78, 5) is 24.0. The van der Waals surface area contributed by atoms with E-state index in [1.807, 2.05) is 6.07 Å². The molecule has 1 amide bonds. The van der Waals surface area contributed by atoms with Crippen molar-refractivity contribution in [1.82, 2.24) is 5.32 Å². The molecule has 0 saturated carbocycles. The van der Waals surface area contributed by atoms with Crippen molar-refractivity contribution in [3.8, 4) is 0 Å². The van der Waals surface area contributed by atoms with E-state index in [-0.39, 0.29) is 36.8 Å². The first-order chi connectivity index (χ1) is 15.1. The number of amides is 1. The minimum Gasteiger partial charge on any atom is -0.487 e. The number of carbonyl (C=O) groups excluding carboxylic acids is 1. The molecule has 4 N–H and O–H groups in total. The van der Waals surface area contributed by atoms with E-state index in [2.05, 4.69) is 10.6 Å². The molecule has 4 rings (SSSR count). The lowest BCUT2D eigenvalue weighted by Crippen LogP contribution is -2.37. The highest BCUT2D eigenvalue weighted by Crippen LogP contribution is 2.41. The second-order valence-electron chi connectivity index (χ2n) is 7.90. The summed E-state index contributed by atoms with van der Waals surface area (Å²) in [5.74, 6) is -1.49. The molecule has 0 aromatic heterocycles. The first-order valence-electron chi connectivity index (χ1n) is 9.90. The molecule has 2 aliphatic rings. The zero-order valence-corrected chi connectivity index (χ0v) is 18.1. The largest absolute Gasteiger partial charge is 0.487 e. The number of fused-ring (bicyclic) bond motifs is 2. The highest BCUT2D eigenvalue weighted by molar-refractivity contribution is 7.91. The second-order valence-corrected chi connectivity index (χ2v) is 10.3. The molecule has 2 aromatic rings. The van der Waals surface area contributed by atoms with Crippen LogP contribution < -0.4 is 10.6 Å². The summed E-state index contributed by atoms with van der Waals surface area (Å²) < 4.78 is 38.5. The smallest absolute Gasteiger partial charge is 0.320 e. The fourth-order valence-electron chi connectivity index (χ4n) is 3.79. The molecule has 32 heavy (non-hydrogen) atoms. The van der Waals surface area contributed by atoms with E-state index in [0.717, 1.165) is 16.7 Å². The maximum atomic E-state index is 13.7. The number of aliphatic carboxylic acids is 1. The molecule has 0 spiro atoms. The third-order valence-electron chi connectivity index (χ3n) is 5.39. The molecule has 0 radical (unpaired) electrons. The molecule has 8 nitrogen and oxygen atoms in total. The average molecular weight is 459 g/mol. The van der Waals surface area contributed by atoms with Crippen LogP contribution in [-0.4, -0.2) is 39.2 Å². The summed E-state index contributed by atoms with van der Waals surface area (Å²) in [5.41, 5.74) is 3.64. The number of carboxylic acid groups (broad SMARTS) is 1. The SMILES string of the molecule is CS(=N)(=O)CCC(NCc1ccc2c(c1)CO/C2=C1/C(=O)Nc2ccc(F)cc21)C(=O)O. The number of nitrogens with one attached hydrogen (secondary N) is 3. The highest BCUT2D eigenvalue weighted by Gasteiger charge is 2.32. The number of carbonyl (C=O) groups is 2. The van der Waals surface area contributed by atoms with Crippen molar-refractivity contribution < 1.29 is 28.0 Å². The van der Waals surface area contributed by atoms with Crippen LogP contribution in [0.5, 0.6) is 0 Å². The van der Waals surface area contributed by atoms with E-state index >= 15 is 0 Å². The summed E-state index contributed by atoms with van der Waals surface area (Å²) in [6.07, 6.45) is 1.37. The Balaban J connectivity index is 1.55. The molecule has 2 unspecified atom stereocenters. The van der Waals surface area contributed by atoms with Crippen LogP contribution in [0.15, 0.2) is 36.4 Å². The van der Waals surface area contributed by atoms with Gasteiger partial charge in [0.15, 0.2) is 0 Å².